The number of halogens is 2. The van der Waals surface area contributed by atoms with E-state index in [-0.39, 0.29) is 10.8 Å². The van der Waals surface area contributed by atoms with E-state index < -0.39 is 18.8 Å². The topological polar surface area (TPSA) is 18.5 Å². The van der Waals surface area contributed by atoms with Crippen molar-refractivity contribution in [1.29, 1.82) is 0 Å². The molecule has 0 aliphatic heterocycles. The predicted octanol–water partition coefficient (Wildman–Crippen LogP) is 6.27. The van der Waals surface area contributed by atoms with Gasteiger partial charge in [0.25, 0.3) is 0 Å². The minimum atomic E-state index is -4.04. The Morgan fingerprint density at radius 1 is 0.680 bits per heavy atom. The molecule has 2 aromatic carbocycles. The molecule has 0 saturated heterocycles. The molecule has 0 saturated carbocycles. The van der Waals surface area contributed by atoms with E-state index in [9.17, 15) is 0 Å². The van der Waals surface area contributed by atoms with Crippen molar-refractivity contribution in [2.75, 3.05) is 13.2 Å². The van der Waals surface area contributed by atoms with E-state index in [4.69, 9.17) is 22.7 Å². The Morgan fingerprint density at radius 3 is 1.32 bits per heavy atom. The summed E-state index contributed by atoms with van der Waals surface area (Å²) in [5.41, 5.74) is 2.03. The van der Waals surface area contributed by atoms with Crippen LogP contribution in [0.3, 0.4) is 0 Å². The van der Waals surface area contributed by atoms with Gasteiger partial charge in [-0.05, 0) is 0 Å². The third kappa shape index (κ3) is 6.49. The normalized spacial score (nSPS) is 13.0. The van der Waals surface area contributed by atoms with Crippen molar-refractivity contribution in [3.63, 3.8) is 0 Å². The molecule has 0 amide bonds. The van der Waals surface area contributed by atoms with Crippen molar-refractivity contribution in [3.05, 3.63) is 71.8 Å². The van der Waals surface area contributed by atoms with Gasteiger partial charge in [0.1, 0.15) is 0 Å². The van der Waals surface area contributed by atoms with Crippen molar-refractivity contribution >= 4 is 17.0 Å². The molecule has 2 rings (SSSR count). The van der Waals surface area contributed by atoms with Crippen LogP contribution in [0.5, 0.6) is 0 Å². The van der Waals surface area contributed by atoms with E-state index in [0.717, 1.165) is 0 Å². The van der Waals surface area contributed by atoms with Crippen LogP contribution in [0.1, 0.15) is 38.8 Å². The number of rotatable bonds is 8. The van der Waals surface area contributed by atoms with Crippen LogP contribution in [0.25, 0.3) is 0 Å². The molecule has 0 heterocycles. The van der Waals surface area contributed by atoms with Crippen LogP contribution in [0.4, 0.5) is 0 Å². The summed E-state index contributed by atoms with van der Waals surface area (Å²) >= 11 is -4.04. The first-order valence-corrected chi connectivity index (χ1v) is 16.7. The third-order valence-corrected chi connectivity index (χ3v) is 9.26. The van der Waals surface area contributed by atoms with E-state index in [1.54, 1.807) is 0 Å². The summed E-state index contributed by atoms with van der Waals surface area (Å²) in [5.74, 6) is 0. The van der Waals surface area contributed by atoms with Crippen LogP contribution in [0, 0.1) is 0 Å². The van der Waals surface area contributed by atoms with E-state index in [1.165, 1.54) is 11.1 Å². The summed E-state index contributed by atoms with van der Waals surface area (Å²) in [6.07, 6.45) is 0. The van der Waals surface area contributed by atoms with Crippen molar-refractivity contribution in [2.45, 2.75) is 38.5 Å². The van der Waals surface area contributed by atoms with Crippen LogP contribution in [0.15, 0.2) is 60.7 Å². The molecule has 0 spiro atoms. The first-order valence-electron chi connectivity index (χ1n) is 8.39. The molecule has 0 N–H and O–H groups in total. The fraction of sp³-hybridized carbons (Fsp3) is 0.400. The van der Waals surface area contributed by atoms with E-state index in [1.807, 2.05) is 36.4 Å². The average Bonchev–Trinajstić information content (AvgIpc) is 2.60. The Balaban J connectivity index is 1.93. The molecular formula is C20H26Cl2O2Zr. The second kappa shape index (κ2) is 8.67. The fourth-order valence-corrected chi connectivity index (χ4v) is 6.61. The molecule has 5 heteroatoms. The van der Waals surface area contributed by atoms with Gasteiger partial charge in [-0.15, -0.1) is 0 Å². The van der Waals surface area contributed by atoms with Gasteiger partial charge in [-0.2, -0.15) is 0 Å². The van der Waals surface area contributed by atoms with Gasteiger partial charge >= 0.3 is 165 Å². The Bertz CT molecular complexity index is 600. The summed E-state index contributed by atoms with van der Waals surface area (Å²) in [6.45, 7) is 9.34. The maximum absolute atomic E-state index is 6.45. The summed E-state index contributed by atoms with van der Waals surface area (Å²) in [7, 11) is 12.9. The molecule has 25 heavy (non-hydrogen) atoms. The summed E-state index contributed by atoms with van der Waals surface area (Å²) in [5, 5.41) is 0. The Hall–Kier alpha value is -0.177. The van der Waals surface area contributed by atoms with Crippen molar-refractivity contribution in [1.82, 2.24) is 0 Å². The molecule has 0 bridgehead atoms. The van der Waals surface area contributed by atoms with Gasteiger partial charge in [-0.3, -0.25) is 0 Å². The monoisotopic (exact) mass is 458 g/mol. The van der Waals surface area contributed by atoms with Gasteiger partial charge in [0.15, 0.2) is 0 Å². The van der Waals surface area contributed by atoms with Crippen molar-refractivity contribution < 1.29 is 24.4 Å². The molecule has 0 aliphatic carbocycles. The standard InChI is InChI=1S/2C10H13O.2ClH.Zr/c2*1-10(2,8-11)9-6-4-3-5-7-9;;;/h2*3-7H,8H2,1-2H3;2*1H;/q2*-1;;;+4/p-2. The Kier molecular flexibility index (Phi) is 7.33. The van der Waals surface area contributed by atoms with E-state index in [0.29, 0.717) is 13.2 Å². The Labute approximate surface area is 164 Å². The molecular weight excluding hydrogens is 434 g/mol. The van der Waals surface area contributed by atoms with Gasteiger partial charge in [-0.1, -0.05) is 0 Å². The molecule has 0 aliphatic rings. The van der Waals surface area contributed by atoms with Gasteiger partial charge in [-0.25, -0.2) is 0 Å². The Morgan fingerprint density at radius 2 is 1.00 bits per heavy atom. The predicted molar refractivity (Wildman–Crippen MR) is 103 cm³/mol. The molecule has 0 aromatic heterocycles. The van der Waals surface area contributed by atoms with E-state index >= 15 is 0 Å². The van der Waals surface area contributed by atoms with E-state index in [2.05, 4.69) is 52.0 Å². The van der Waals surface area contributed by atoms with Crippen LogP contribution in [-0.2, 0) is 35.2 Å². The quantitative estimate of drug-likeness (QED) is 0.463. The van der Waals surface area contributed by atoms with Gasteiger partial charge in [0.2, 0.25) is 0 Å². The van der Waals surface area contributed by atoms with Crippen LogP contribution < -0.4 is 0 Å². The van der Waals surface area contributed by atoms with Crippen LogP contribution in [0.2, 0.25) is 0 Å². The molecule has 0 unspecified atom stereocenters. The number of hydrogen-bond acceptors (Lipinski definition) is 2. The first kappa shape index (κ1) is 21.1. The van der Waals surface area contributed by atoms with Gasteiger partial charge in [0, 0.05) is 0 Å². The van der Waals surface area contributed by atoms with Crippen LogP contribution >= 0.6 is 17.0 Å². The molecule has 0 radical (unpaired) electrons. The second-order valence-corrected chi connectivity index (χ2v) is 18.3. The van der Waals surface area contributed by atoms with Crippen molar-refractivity contribution in [2.24, 2.45) is 0 Å². The van der Waals surface area contributed by atoms with Crippen molar-refractivity contribution in [3.8, 4) is 0 Å². The SMILES string of the molecule is CC(C)(C[O][Zr]([Cl])([Cl])[O]CC(C)(C)c1ccccc1)c1ccccc1. The average molecular weight is 461 g/mol. The van der Waals surface area contributed by atoms with Crippen LogP contribution in [-0.4, -0.2) is 13.2 Å². The zero-order valence-corrected chi connectivity index (χ0v) is 19.2. The zero-order valence-electron chi connectivity index (χ0n) is 15.3. The second-order valence-electron chi connectivity index (χ2n) is 7.54. The summed E-state index contributed by atoms with van der Waals surface area (Å²) < 4.78 is 11.8. The van der Waals surface area contributed by atoms with Gasteiger partial charge < -0.3 is 0 Å². The summed E-state index contributed by atoms with van der Waals surface area (Å²) in [4.78, 5) is 0. The molecule has 136 valence electrons. The zero-order chi connectivity index (χ0) is 18.6. The fourth-order valence-electron chi connectivity index (χ4n) is 2.52. The molecule has 0 atom stereocenters. The number of hydrogen-bond donors (Lipinski definition) is 0. The summed E-state index contributed by atoms with van der Waals surface area (Å²) in [6, 6.07) is 20.4. The number of benzene rings is 2. The molecule has 0 fully saturated rings. The molecule has 2 nitrogen and oxygen atoms in total. The minimum absolute atomic E-state index is 0.175. The van der Waals surface area contributed by atoms with Gasteiger partial charge in [0.05, 0.1) is 0 Å². The first-order chi connectivity index (χ1) is 11.6. The maximum atomic E-state index is 6.45. The molecule has 2 aromatic rings. The third-order valence-electron chi connectivity index (χ3n) is 4.31.